The number of benzene rings is 3. The van der Waals surface area contributed by atoms with Gasteiger partial charge in [0.1, 0.15) is 24.4 Å². The molecule has 188 valence electrons. The van der Waals surface area contributed by atoms with Crippen LogP contribution in [0.1, 0.15) is 16.7 Å². The molecule has 3 aromatic rings. The molecular weight excluding hydrogens is 527 g/mol. The number of alkyl halides is 3. The van der Waals surface area contributed by atoms with Crippen LogP contribution in [0.2, 0.25) is 0 Å². The van der Waals surface area contributed by atoms with Crippen LogP contribution in [0.25, 0.3) is 0 Å². The molecule has 3 saturated heterocycles. The van der Waals surface area contributed by atoms with Gasteiger partial charge in [-0.1, -0.05) is 126 Å². The lowest BCUT2D eigenvalue weighted by Gasteiger charge is -2.51. The highest BCUT2D eigenvalue weighted by Crippen LogP contribution is 2.49. The fraction of sp³-hybridized carbons (Fsp3) is 0.333. The summed E-state index contributed by atoms with van der Waals surface area (Å²) in [6.45, 7) is 0.251. The summed E-state index contributed by atoms with van der Waals surface area (Å²) in [4.78, 5) is 0. The first kappa shape index (κ1) is 24.6. The Kier molecular flexibility index (Phi) is 6.53. The SMILES string of the molecule is ClC1(c2ccccc2)OC[C@@H]2OC(Cl)(c3ccccc3)O[C@H]([C@H]3COC(Cl)(c4ccccc4)O3)[C@@H]2O1. The third kappa shape index (κ3) is 4.45. The number of halogens is 3. The fourth-order valence-corrected chi connectivity index (χ4v) is 5.60. The van der Waals surface area contributed by atoms with Crippen LogP contribution in [0, 0.1) is 0 Å². The first-order chi connectivity index (χ1) is 17.4. The van der Waals surface area contributed by atoms with Gasteiger partial charge in [-0.3, -0.25) is 0 Å². The van der Waals surface area contributed by atoms with Crippen molar-refractivity contribution in [1.29, 1.82) is 0 Å². The van der Waals surface area contributed by atoms with E-state index in [4.69, 9.17) is 63.2 Å². The van der Waals surface area contributed by atoms with Crippen molar-refractivity contribution in [1.82, 2.24) is 0 Å². The molecule has 9 heteroatoms. The van der Waals surface area contributed by atoms with Gasteiger partial charge in [-0.15, -0.1) is 0 Å². The predicted octanol–water partition coefficient (Wildman–Crippen LogP) is 5.75. The molecule has 0 aliphatic carbocycles. The molecule has 0 aromatic heterocycles. The first-order valence-corrected chi connectivity index (χ1v) is 12.7. The lowest BCUT2D eigenvalue weighted by molar-refractivity contribution is -0.399. The quantitative estimate of drug-likeness (QED) is 0.387. The average Bonchev–Trinajstić information content (AvgIpc) is 3.33. The van der Waals surface area contributed by atoms with Crippen molar-refractivity contribution < 1.29 is 28.4 Å². The largest absolute Gasteiger partial charge is 0.331 e. The Bertz CT molecular complexity index is 1190. The zero-order valence-corrected chi connectivity index (χ0v) is 21.2. The summed E-state index contributed by atoms with van der Waals surface area (Å²) in [5.41, 5.74) is 1.94. The molecule has 7 atom stereocenters. The van der Waals surface area contributed by atoms with E-state index in [0.717, 1.165) is 0 Å². The number of hydrogen-bond acceptors (Lipinski definition) is 6. The van der Waals surface area contributed by atoms with E-state index in [0.29, 0.717) is 16.7 Å². The second kappa shape index (κ2) is 9.55. The van der Waals surface area contributed by atoms with Gasteiger partial charge < -0.3 is 28.4 Å². The van der Waals surface area contributed by atoms with Crippen molar-refractivity contribution >= 4 is 34.8 Å². The van der Waals surface area contributed by atoms with E-state index >= 15 is 0 Å². The van der Waals surface area contributed by atoms with Gasteiger partial charge in [-0.05, 0) is 0 Å². The number of hydrogen-bond donors (Lipinski definition) is 0. The Morgan fingerprint density at radius 1 is 0.472 bits per heavy atom. The minimum atomic E-state index is -1.60. The topological polar surface area (TPSA) is 55.4 Å². The third-order valence-electron chi connectivity index (χ3n) is 6.46. The summed E-state index contributed by atoms with van der Waals surface area (Å²) in [6.07, 6.45) is -2.70. The van der Waals surface area contributed by atoms with E-state index in [2.05, 4.69) is 0 Å². The van der Waals surface area contributed by atoms with Gasteiger partial charge in [0.2, 0.25) is 0 Å². The van der Waals surface area contributed by atoms with Crippen molar-refractivity contribution in [2.24, 2.45) is 0 Å². The average molecular weight is 550 g/mol. The van der Waals surface area contributed by atoms with Crippen LogP contribution < -0.4 is 0 Å². The Labute approximate surface area is 223 Å². The second-order valence-electron chi connectivity index (χ2n) is 8.81. The van der Waals surface area contributed by atoms with E-state index in [1.165, 1.54) is 0 Å². The fourth-order valence-electron chi connectivity index (χ4n) is 4.67. The van der Waals surface area contributed by atoms with Crippen molar-refractivity contribution in [3.05, 3.63) is 108 Å². The van der Waals surface area contributed by atoms with Crippen LogP contribution in [0.3, 0.4) is 0 Å². The van der Waals surface area contributed by atoms with E-state index in [9.17, 15) is 0 Å². The van der Waals surface area contributed by atoms with E-state index in [-0.39, 0.29) is 13.2 Å². The number of fused-ring (bicyclic) bond motifs is 1. The molecule has 36 heavy (non-hydrogen) atoms. The number of rotatable bonds is 4. The van der Waals surface area contributed by atoms with E-state index < -0.39 is 40.2 Å². The van der Waals surface area contributed by atoms with Gasteiger partial charge in [0.05, 0.1) is 13.2 Å². The van der Waals surface area contributed by atoms with Crippen LogP contribution >= 0.6 is 34.8 Å². The molecule has 6 rings (SSSR count). The van der Waals surface area contributed by atoms with Gasteiger partial charge in [-0.2, -0.15) is 0 Å². The Morgan fingerprint density at radius 3 is 1.25 bits per heavy atom. The Morgan fingerprint density at radius 2 is 0.806 bits per heavy atom. The van der Waals surface area contributed by atoms with Crippen LogP contribution in [0.15, 0.2) is 91.0 Å². The molecule has 3 aliphatic heterocycles. The van der Waals surface area contributed by atoms with Gasteiger partial charge >= 0.3 is 0 Å². The summed E-state index contributed by atoms with van der Waals surface area (Å²) < 4.78 is 37.2. The molecule has 3 fully saturated rings. The summed E-state index contributed by atoms with van der Waals surface area (Å²) in [5, 5.41) is -4.62. The van der Waals surface area contributed by atoms with Crippen molar-refractivity contribution in [2.45, 2.75) is 40.2 Å². The predicted molar refractivity (Wildman–Crippen MR) is 133 cm³/mol. The van der Waals surface area contributed by atoms with Gasteiger partial charge in [0.25, 0.3) is 15.7 Å². The zero-order chi connectivity index (χ0) is 24.8. The molecule has 0 spiro atoms. The lowest BCUT2D eigenvalue weighted by atomic mass is 9.99. The van der Waals surface area contributed by atoms with Crippen LogP contribution in [-0.4, -0.2) is 37.6 Å². The first-order valence-electron chi connectivity index (χ1n) is 11.6. The zero-order valence-electron chi connectivity index (χ0n) is 19.0. The molecule has 0 radical (unpaired) electrons. The standard InChI is InChI=1S/C27H23Cl3O6/c28-25(18-10-4-1-5-11-18)31-16-21(33-25)24-23-22(34-27(30,36-24)20-14-8-3-9-15-20)17-32-26(29,35-23)19-12-6-2-7-13-19/h1-15,21-24H,16-17H2/t21-,22+,23-,24-,25?,26?,27?/m1/s1. The molecular formula is C27H23Cl3O6. The highest BCUT2D eigenvalue weighted by atomic mass is 35.5. The van der Waals surface area contributed by atoms with Gasteiger partial charge in [0.15, 0.2) is 0 Å². The van der Waals surface area contributed by atoms with Gasteiger partial charge in [-0.25, -0.2) is 0 Å². The second-order valence-corrected chi connectivity index (χ2v) is 10.3. The summed E-state index contributed by atoms with van der Waals surface area (Å²) in [7, 11) is 0. The monoisotopic (exact) mass is 548 g/mol. The Balaban J connectivity index is 1.34. The maximum atomic E-state index is 6.95. The van der Waals surface area contributed by atoms with E-state index in [1.807, 2.05) is 91.0 Å². The maximum Gasteiger partial charge on any atom is 0.277 e. The van der Waals surface area contributed by atoms with Crippen molar-refractivity contribution in [3.8, 4) is 0 Å². The Hall–Kier alpha value is -1.71. The number of ether oxygens (including phenoxy) is 6. The normalized spacial score (nSPS) is 38.4. The third-order valence-corrected chi connectivity index (χ3v) is 7.69. The summed E-state index contributed by atoms with van der Waals surface area (Å²) in [5.74, 6) is 0. The van der Waals surface area contributed by atoms with Crippen molar-refractivity contribution in [3.63, 3.8) is 0 Å². The molecule has 0 bridgehead atoms. The molecule has 6 nitrogen and oxygen atoms in total. The smallest absolute Gasteiger partial charge is 0.277 e. The lowest BCUT2D eigenvalue weighted by Crippen LogP contribution is -2.64. The molecule has 0 N–H and O–H groups in total. The van der Waals surface area contributed by atoms with Crippen LogP contribution in [-0.2, 0) is 44.2 Å². The molecule has 0 amide bonds. The maximum absolute atomic E-state index is 6.95. The minimum Gasteiger partial charge on any atom is -0.331 e. The van der Waals surface area contributed by atoms with Gasteiger partial charge in [0, 0.05) is 16.7 Å². The van der Waals surface area contributed by atoms with Crippen LogP contribution in [0.4, 0.5) is 0 Å². The minimum absolute atomic E-state index is 0.114. The molecule has 3 unspecified atom stereocenters. The molecule has 0 saturated carbocycles. The summed E-state index contributed by atoms with van der Waals surface area (Å²) >= 11 is 20.6. The highest BCUT2D eigenvalue weighted by Gasteiger charge is 2.59. The van der Waals surface area contributed by atoms with E-state index in [1.54, 1.807) is 0 Å². The molecule has 3 heterocycles. The van der Waals surface area contributed by atoms with Crippen molar-refractivity contribution in [2.75, 3.05) is 13.2 Å². The highest BCUT2D eigenvalue weighted by molar-refractivity contribution is 6.22. The molecule has 3 aromatic carbocycles. The molecule has 3 aliphatic rings. The van der Waals surface area contributed by atoms with Crippen LogP contribution in [0.5, 0.6) is 0 Å². The summed E-state index contributed by atoms with van der Waals surface area (Å²) in [6, 6.07) is 27.8.